The molecule has 0 aromatic heterocycles. The van der Waals surface area contributed by atoms with E-state index in [0.29, 0.717) is 39.1 Å². The van der Waals surface area contributed by atoms with Crippen LogP contribution in [0.2, 0.25) is 0 Å². The summed E-state index contributed by atoms with van der Waals surface area (Å²) in [5, 5.41) is 2.62. The fraction of sp³-hybridized carbons (Fsp3) is 0.583. The van der Waals surface area contributed by atoms with Crippen molar-refractivity contribution in [2.75, 3.05) is 59.1 Å². The molecule has 0 radical (unpaired) electrons. The van der Waals surface area contributed by atoms with E-state index in [1.807, 2.05) is 23.9 Å². The van der Waals surface area contributed by atoms with E-state index in [2.05, 4.69) is 55.4 Å². The monoisotopic (exact) mass is 450 g/mol. The number of nitroso groups, excluding NO2 is 1. The quantitative estimate of drug-likeness (QED) is 0.155. The van der Waals surface area contributed by atoms with Crippen LogP contribution in [0.25, 0.3) is 0 Å². The molecule has 1 unspecified atom stereocenters. The SMILES string of the molecule is C=CC1=CCC=CC(SCCOCCOCCOCN=O)=C1CN(C)C(C=C)CCC. The van der Waals surface area contributed by atoms with Gasteiger partial charge in [0.15, 0.2) is 6.73 Å². The first kappa shape index (κ1) is 27.5. The minimum atomic E-state index is -0.130. The minimum absolute atomic E-state index is 0.130. The summed E-state index contributed by atoms with van der Waals surface area (Å²) in [6, 6.07) is 0.366. The first-order valence-electron chi connectivity index (χ1n) is 10.9. The second-order valence-electron chi connectivity index (χ2n) is 7.09. The van der Waals surface area contributed by atoms with Crippen LogP contribution in [0.4, 0.5) is 0 Å². The van der Waals surface area contributed by atoms with Gasteiger partial charge in [0.25, 0.3) is 0 Å². The van der Waals surface area contributed by atoms with Gasteiger partial charge in [0.1, 0.15) is 0 Å². The second kappa shape index (κ2) is 18.1. The van der Waals surface area contributed by atoms with E-state index in [1.54, 1.807) is 0 Å². The van der Waals surface area contributed by atoms with Gasteiger partial charge in [0.2, 0.25) is 0 Å². The molecule has 0 aromatic rings. The van der Waals surface area contributed by atoms with Crippen molar-refractivity contribution in [3.63, 3.8) is 0 Å². The van der Waals surface area contributed by atoms with E-state index < -0.39 is 0 Å². The van der Waals surface area contributed by atoms with Crippen LogP contribution in [0.5, 0.6) is 0 Å². The maximum absolute atomic E-state index is 9.89. The summed E-state index contributed by atoms with van der Waals surface area (Å²) in [7, 11) is 2.16. The lowest BCUT2D eigenvalue weighted by atomic mass is 10.0. The Labute approximate surface area is 192 Å². The van der Waals surface area contributed by atoms with Crippen LogP contribution in [0.15, 0.2) is 64.8 Å². The van der Waals surface area contributed by atoms with Gasteiger partial charge in [0, 0.05) is 23.2 Å². The molecule has 0 saturated heterocycles. The fourth-order valence-corrected chi connectivity index (χ4v) is 4.15. The highest BCUT2D eigenvalue weighted by molar-refractivity contribution is 8.03. The molecule has 0 fully saturated rings. The van der Waals surface area contributed by atoms with Crippen LogP contribution in [0.3, 0.4) is 0 Å². The lowest BCUT2D eigenvalue weighted by Gasteiger charge is -2.27. The van der Waals surface area contributed by atoms with E-state index >= 15 is 0 Å². The van der Waals surface area contributed by atoms with Crippen LogP contribution < -0.4 is 0 Å². The average Bonchev–Trinajstić information content (AvgIpc) is 2.97. The average molecular weight is 451 g/mol. The summed E-state index contributed by atoms with van der Waals surface area (Å²) in [6.07, 6.45) is 13.8. The van der Waals surface area contributed by atoms with Gasteiger partial charge in [-0.2, -0.15) is 0 Å². The predicted octanol–water partition coefficient (Wildman–Crippen LogP) is 5.11. The molecule has 0 aliphatic heterocycles. The minimum Gasteiger partial charge on any atom is -0.378 e. The van der Waals surface area contributed by atoms with Gasteiger partial charge in [-0.15, -0.1) is 23.2 Å². The van der Waals surface area contributed by atoms with Gasteiger partial charge >= 0.3 is 0 Å². The number of hydrogen-bond acceptors (Lipinski definition) is 7. The zero-order chi connectivity index (χ0) is 22.7. The lowest BCUT2D eigenvalue weighted by molar-refractivity contribution is 0.0188. The summed E-state index contributed by atoms with van der Waals surface area (Å²) in [6.45, 7) is 13.5. The zero-order valence-corrected chi connectivity index (χ0v) is 19.9. The Balaban J connectivity index is 2.52. The molecule has 0 bridgehead atoms. The third kappa shape index (κ3) is 11.6. The van der Waals surface area contributed by atoms with Gasteiger partial charge in [-0.1, -0.05) is 50.3 Å². The number of thioether (sulfide) groups is 1. The van der Waals surface area contributed by atoms with Crippen molar-refractivity contribution < 1.29 is 14.2 Å². The number of hydrogen-bond donors (Lipinski definition) is 0. The largest absolute Gasteiger partial charge is 0.378 e. The maximum atomic E-state index is 9.89. The Morgan fingerprint density at radius 2 is 1.90 bits per heavy atom. The molecule has 0 aromatic carbocycles. The molecule has 1 aliphatic carbocycles. The molecule has 31 heavy (non-hydrogen) atoms. The molecule has 0 amide bonds. The Hall–Kier alpha value is -1.51. The molecule has 0 heterocycles. The normalized spacial score (nSPS) is 15.0. The molecular weight excluding hydrogens is 412 g/mol. The fourth-order valence-electron chi connectivity index (χ4n) is 3.18. The van der Waals surface area contributed by atoms with E-state index in [4.69, 9.17) is 14.2 Å². The third-order valence-corrected chi connectivity index (χ3v) is 5.88. The highest BCUT2D eigenvalue weighted by Crippen LogP contribution is 2.30. The van der Waals surface area contributed by atoms with E-state index in [-0.39, 0.29) is 6.73 Å². The summed E-state index contributed by atoms with van der Waals surface area (Å²) < 4.78 is 16.0. The van der Waals surface area contributed by atoms with E-state index in [1.165, 1.54) is 16.1 Å². The summed E-state index contributed by atoms with van der Waals surface area (Å²) in [5.41, 5.74) is 2.52. The van der Waals surface area contributed by atoms with Crippen LogP contribution in [0, 0.1) is 4.91 Å². The molecular formula is C24H38N2O4S. The van der Waals surface area contributed by atoms with Gasteiger partial charge in [-0.05, 0) is 36.2 Å². The van der Waals surface area contributed by atoms with Crippen molar-refractivity contribution in [1.82, 2.24) is 4.90 Å². The summed E-state index contributed by atoms with van der Waals surface area (Å²) in [5.74, 6) is 0.866. The lowest BCUT2D eigenvalue weighted by Crippen LogP contribution is -2.32. The predicted molar refractivity (Wildman–Crippen MR) is 131 cm³/mol. The van der Waals surface area contributed by atoms with Crippen molar-refractivity contribution in [3.05, 3.63) is 64.5 Å². The number of likely N-dealkylation sites (N-methyl/N-ethyl adjacent to an activating group) is 1. The van der Waals surface area contributed by atoms with E-state index in [9.17, 15) is 4.91 Å². The molecule has 1 rings (SSSR count). The van der Waals surface area contributed by atoms with Crippen molar-refractivity contribution in [1.29, 1.82) is 0 Å². The number of rotatable bonds is 19. The van der Waals surface area contributed by atoms with Crippen LogP contribution in [-0.2, 0) is 14.2 Å². The smallest absolute Gasteiger partial charge is 0.179 e. The first-order valence-corrected chi connectivity index (χ1v) is 11.9. The Bertz CT molecular complexity index is 631. The topological polar surface area (TPSA) is 60.4 Å². The van der Waals surface area contributed by atoms with Gasteiger partial charge in [0.05, 0.1) is 33.0 Å². The van der Waals surface area contributed by atoms with Gasteiger partial charge in [-0.25, -0.2) is 0 Å². The third-order valence-electron chi connectivity index (χ3n) is 4.81. The summed E-state index contributed by atoms with van der Waals surface area (Å²) in [4.78, 5) is 13.5. The zero-order valence-electron chi connectivity index (χ0n) is 19.1. The Morgan fingerprint density at radius 1 is 1.19 bits per heavy atom. The first-order chi connectivity index (χ1) is 15.2. The van der Waals surface area contributed by atoms with Crippen LogP contribution in [0.1, 0.15) is 26.2 Å². The van der Waals surface area contributed by atoms with Crippen molar-refractivity contribution in [2.24, 2.45) is 5.18 Å². The standard InChI is InChI=1S/C24H38N2O4S/c1-5-10-22(7-3)26(4)19-23-21(6-2)11-8-9-12-24(23)31-18-17-29-14-13-28-15-16-30-20-25-27/h6-7,9,11-12,22H,2-3,5,8,10,13-20H2,1,4H3. The molecule has 0 N–H and O–H groups in total. The molecule has 7 heteroatoms. The molecule has 174 valence electrons. The van der Waals surface area contributed by atoms with Crippen LogP contribution in [-0.4, -0.2) is 70.1 Å². The highest BCUT2D eigenvalue weighted by Gasteiger charge is 2.17. The molecule has 0 saturated carbocycles. The van der Waals surface area contributed by atoms with Crippen molar-refractivity contribution in [2.45, 2.75) is 32.2 Å². The molecule has 6 nitrogen and oxygen atoms in total. The van der Waals surface area contributed by atoms with Crippen LogP contribution >= 0.6 is 11.8 Å². The Kier molecular flexibility index (Phi) is 16.1. The molecule has 1 aliphatic rings. The van der Waals surface area contributed by atoms with Gasteiger partial charge < -0.3 is 14.2 Å². The number of nitrogens with zero attached hydrogens (tertiary/aromatic N) is 2. The van der Waals surface area contributed by atoms with Gasteiger partial charge in [-0.3, -0.25) is 4.90 Å². The van der Waals surface area contributed by atoms with Crippen molar-refractivity contribution >= 4 is 11.8 Å². The maximum Gasteiger partial charge on any atom is 0.179 e. The Morgan fingerprint density at radius 3 is 2.55 bits per heavy atom. The number of allylic oxidation sites excluding steroid dienone is 4. The molecule has 0 spiro atoms. The highest BCUT2D eigenvalue weighted by atomic mass is 32.2. The summed E-state index contributed by atoms with van der Waals surface area (Å²) >= 11 is 1.82. The molecule has 1 atom stereocenters. The number of ether oxygens (including phenoxy) is 3. The van der Waals surface area contributed by atoms with Crippen molar-refractivity contribution in [3.8, 4) is 0 Å². The van der Waals surface area contributed by atoms with E-state index in [0.717, 1.165) is 31.6 Å². The second-order valence-corrected chi connectivity index (χ2v) is 8.23.